The molecule has 0 fully saturated rings. The second-order valence-electron chi connectivity index (χ2n) is 6.91. The van der Waals surface area contributed by atoms with E-state index in [1.165, 1.54) is 0 Å². The summed E-state index contributed by atoms with van der Waals surface area (Å²) < 4.78 is 50.5. The second kappa shape index (κ2) is 7.24. The highest BCUT2D eigenvalue weighted by Gasteiger charge is 2.32. The molecular weight excluding hydrogens is 381 g/mol. The summed E-state index contributed by atoms with van der Waals surface area (Å²) in [6.45, 7) is 0. The maximum absolute atomic E-state index is 12.9. The number of anilines is 2. The molecule has 0 saturated carbocycles. The molecule has 0 radical (unpaired) electrons. The predicted molar refractivity (Wildman–Crippen MR) is 105 cm³/mol. The summed E-state index contributed by atoms with van der Waals surface area (Å²) in [7, 11) is 0. The van der Waals surface area contributed by atoms with Crippen molar-refractivity contribution in [2.45, 2.75) is 25.1 Å². The van der Waals surface area contributed by atoms with Gasteiger partial charge >= 0.3 is 6.18 Å². The van der Waals surface area contributed by atoms with Gasteiger partial charge in [0.05, 0.1) is 16.9 Å². The van der Waals surface area contributed by atoms with Crippen LogP contribution in [0.15, 0.2) is 60.7 Å². The van der Waals surface area contributed by atoms with Crippen LogP contribution in [0.5, 0.6) is 17.2 Å². The quantitative estimate of drug-likeness (QED) is 0.551. The van der Waals surface area contributed by atoms with Crippen LogP contribution in [-0.4, -0.2) is 0 Å². The summed E-state index contributed by atoms with van der Waals surface area (Å²) >= 11 is 0. The minimum atomic E-state index is -4.53. The van der Waals surface area contributed by atoms with E-state index in [-0.39, 0.29) is 23.2 Å². The van der Waals surface area contributed by atoms with Crippen LogP contribution >= 0.6 is 0 Å². The van der Waals surface area contributed by atoms with E-state index in [0.717, 1.165) is 41.9 Å². The highest BCUT2D eigenvalue weighted by Crippen LogP contribution is 2.42. The standard InChI is InChI=1S/C22H19F3N2O2/c23-22(24,25)15-11-17(26)21(18(27)12-15)28-16-7-9-20-14(10-16)6-8-19(29-20)13-4-2-1-3-5-13/h1-5,7,9-12,19H,6,8,26-27H2. The Morgan fingerprint density at radius 3 is 2.28 bits per heavy atom. The average Bonchev–Trinajstić information content (AvgIpc) is 2.70. The van der Waals surface area contributed by atoms with E-state index >= 15 is 0 Å². The van der Waals surface area contributed by atoms with Gasteiger partial charge in [0, 0.05) is 0 Å². The molecule has 1 unspecified atom stereocenters. The minimum absolute atomic E-state index is 0.0110. The first-order valence-corrected chi connectivity index (χ1v) is 9.10. The van der Waals surface area contributed by atoms with Gasteiger partial charge in [0.2, 0.25) is 0 Å². The third kappa shape index (κ3) is 3.94. The first-order chi connectivity index (χ1) is 13.8. The number of alkyl halides is 3. The van der Waals surface area contributed by atoms with Gasteiger partial charge in [-0.1, -0.05) is 30.3 Å². The Morgan fingerprint density at radius 1 is 0.931 bits per heavy atom. The summed E-state index contributed by atoms with van der Waals surface area (Å²) in [6.07, 6.45) is -2.95. The van der Waals surface area contributed by atoms with Crippen LogP contribution in [0.3, 0.4) is 0 Å². The monoisotopic (exact) mass is 400 g/mol. The van der Waals surface area contributed by atoms with E-state index in [2.05, 4.69) is 0 Å². The van der Waals surface area contributed by atoms with Crippen LogP contribution in [0.4, 0.5) is 24.5 Å². The van der Waals surface area contributed by atoms with Crippen molar-refractivity contribution in [1.29, 1.82) is 0 Å². The van der Waals surface area contributed by atoms with Gasteiger partial charge in [-0.05, 0) is 54.3 Å². The molecular formula is C22H19F3N2O2. The zero-order valence-electron chi connectivity index (χ0n) is 15.4. The highest BCUT2D eigenvalue weighted by atomic mass is 19.4. The molecule has 150 valence electrons. The van der Waals surface area contributed by atoms with E-state index in [9.17, 15) is 13.2 Å². The van der Waals surface area contributed by atoms with Gasteiger partial charge in [0.25, 0.3) is 0 Å². The molecule has 0 spiro atoms. The van der Waals surface area contributed by atoms with Gasteiger partial charge in [-0.15, -0.1) is 0 Å². The fraction of sp³-hybridized carbons (Fsp3) is 0.182. The van der Waals surface area contributed by atoms with Crippen LogP contribution in [0.1, 0.15) is 29.2 Å². The molecule has 1 aliphatic heterocycles. The summed E-state index contributed by atoms with van der Waals surface area (Å²) in [5, 5.41) is 0. The van der Waals surface area contributed by atoms with E-state index < -0.39 is 11.7 Å². The van der Waals surface area contributed by atoms with Gasteiger partial charge in [0.1, 0.15) is 17.6 Å². The third-order valence-electron chi connectivity index (χ3n) is 4.84. The smallest absolute Gasteiger partial charge is 0.416 e. The lowest BCUT2D eigenvalue weighted by Crippen LogP contribution is -2.15. The van der Waals surface area contributed by atoms with Gasteiger partial charge < -0.3 is 20.9 Å². The molecule has 4 rings (SSSR count). The van der Waals surface area contributed by atoms with Crippen molar-refractivity contribution in [3.05, 3.63) is 77.4 Å². The molecule has 1 heterocycles. The SMILES string of the molecule is Nc1cc(C(F)(F)F)cc(N)c1Oc1ccc2c(c1)CCC(c1ccccc1)O2. The Kier molecular flexibility index (Phi) is 4.74. The maximum Gasteiger partial charge on any atom is 0.416 e. The number of hydrogen-bond donors (Lipinski definition) is 2. The Bertz CT molecular complexity index is 1010. The van der Waals surface area contributed by atoms with Crippen LogP contribution in [0.2, 0.25) is 0 Å². The molecule has 0 aromatic heterocycles. The lowest BCUT2D eigenvalue weighted by molar-refractivity contribution is -0.137. The lowest BCUT2D eigenvalue weighted by atomic mass is 9.97. The molecule has 7 heteroatoms. The molecule has 1 atom stereocenters. The second-order valence-corrected chi connectivity index (χ2v) is 6.91. The van der Waals surface area contributed by atoms with E-state index in [1.54, 1.807) is 18.2 Å². The molecule has 4 nitrogen and oxygen atoms in total. The van der Waals surface area contributed by atoms with Crippen LogP contribution in [0.25, 0.3) is 0 Å². The van der Waals surface area contributed by atoms with Crippen molar-refractivity contribution in [2.24, 2.45) is 0 Å². The van der Waals surface area contributed by atoms with Crippen molar-refractivity contribution < 1.29 is 22.6 Å². The van der Waals surface area contributed by atoms with E-state index in [4.69, 9.17) is 20.9 Å². The lowest BCUT2D eigenvalue weighted by Gasteiger charge is -2.27. The molecule has 4 N–H and O–H groups in total. The van der Waals surface area contributed by atoms with Gasteiger partial charge in [-0.25, -0.2) is 0 Å². The van der Waals surface area contributed by atoms with Crippen molar-refractivity contribution in [3.8, 4) is 17.2 Å². The Labute approximate surface area is 165 Å². The Hall–Kier alpha value is -3.35. The first kappa shape index (κ1) is 19.0. The minimum Gasteiger partial charge on any atom is -0.485 e. The summed E-state index contributed by atoms with van der Waals surface area (Å²) in [5.41, 5.74) is 12.3. The van der Waals surface area contributed by atoms with E-state index in [1.807, 2.05) is 30.3 Å². The number of ether oxygens (including phenoxy) is 2. The highest BCUT2D eigenvalue weighted by molar-refractivity contribution is 5.70. The van der Waals surface area contributed by atoms with Crippen LogP contribution < -0.4 is 20.9 Å². The molecule has 1 aliphatic rings. The summed E-state index contributed by atoms with van der Waals surface area (Å²) in [6, 6.07) is 16.9. The average molecular weight is 400 g/mol. The number of nitrogens with two attached hydrogens (primary N) is 2. The van der Waals surface area contributed by atoms with Crippen molar-refractivity contribution in [3.63, 3.8) is 0 Å². The van der Waals surface area contributed by atoms with E-state index in [0.29, 0.717) is 5.75 Å². The number of benzene rings is 3. The van der Waals surface area contributed by atoms with Gasteiger partial charge in [-0.3, -0.25) is 0 Å². The number of aryl methyl sites for hydroxylation is 1. The predicted octanol–water partition coefficient (Wildman–Crippen LogP) is 5.73. The van der Waals surface area contributed by atoms with Gasteiger partial charge in [-0.2, -0.15) is 13.2 Å². The van der Waals surface area contributed by atoms with Crippen molar-refractivity contribution in [1.82, 2.24) is 0 Å². The third-order valence-corrected chi connectivity index (χ3v) is 4.84. The molecule has 0 amide bonds. The van der Waals surface area contributed by atoms with Crippen LogP contribution in [-0.2, 0) is 12.6 Å². The fourth-order valence-electron chi connectivity index (χ4n) is 3.40. The molecule has 3 aromatic rings. The number of rotatable bonds is 3. The van der Waals surface area contributed by atoms with Gasteiger partial charge in [0.15, 0.2) is 5.75 Å². The number of fused-ring (bicyclic) bond motifs is 1. The summed E-state index contributed by atoms with van der Waals surface area (Å²) in [4.78, 5) is 0. The largest absolute Gasteiger partial charge is 0.485 e. The Morgan fingerprint density at radius 2 is 1.62 bits per heavy atom. The zero-order valence-corrected chi connectivity index (χ0v) is 15.4. The summed E-state index contributed by atoms with van der Waals surface area (Å²) in [5.74, 6) is 1.20. The van der Waals surface area contributed by atoms with Crippen LogP contribution in [0, 0.1) is 0 Å². The molecule has 0 bridgehead atoms. The molecule has 29 heavy (non-hydrogen) atoms. The van der Waals surface area contributed by atoms with Crippen molar-refractivity contribution in [2.75, 3.05) is 11.5 Å². The molecule has 3 aromatic carbocycles. The fourth-order valence-corrected chi connectivity index (χ4v) is 3.40. The first-order valence-electron chi connectivity index (χ1n) is 9.10. The molecule has 0 saturated heterocycles. The number of halogens is 3. The number of hydrogen-bond acceptors (Lipinski definition) is 4. The normalized spacial score (nSPS) is 16.0. The van der Waals surface area contributed by atoms with Crippen molar-refractivity contribution >= 4 is 11.4 Å². The topological polar surface area (TPSA) is 70.5 Å². The zero-order chi connectivity index (χ0) is 20.6. The maximum atomic E-state index is 12.9. The number of nitrogen functional groups attached to an aromatic ring is 2. The Balaban J connectivity index is 1.55. The molecule has 0 aliphatic carbocycles.